The number of thioether (sulfide) groups is 1. The van der Waals surface area contributed by atoms with Crippen LogP contribution in [0, 0.1) is 17.8 Å². The van der Waals surface area contributed by atoms with Gasteiger partial charge in [-0.25, -0.2) is 4.79 Å². The van der Waals surface area contributed by atoms with Gasteiger partial charge in [0, 0.05) is 29.2 Å². The van der Waals surface area contributed by atoms with Gasteiger partial charge in [0.05, 0.1) is 30.2 Å². The number of nitrogens with one attached hydrogen (secondary N) is 1. The molecular weight excluding hydrogens is 410 g/mol. The highest BCUT2D eigenvalue weighted by Crippen LogP contribution is 2.52. The number of hydrogen-bond donors (Lipinski definition) is 4. The van der Waals surface area contributed by atoms with E-state index in [1.54, 1.807) is 6.92 Å². The molecule has 10 heteroatoms. The molecule has 0 unspecified atom stereocenters. The first-order valence-corrected chi connectivity index (χ1v) is 11.2. The summed E-state index contributed by atoms with van der Waals surface area (Å²) in [6.45, 7) is 8.02. The van der Waals surface area contributed by atoms with E-state index < -0.39 is 24.0 Å². The Balaban J connectivity index is 1.72. The summed E-state index contributed by atoms with van der Waals surface area (Å²) in [5.74, 6) is -2.48. The van der Waals surface area contributed by atoms with Crippen LogP contribution in [0.5, 0.6) is 0 Å². The maximum absolute atomic E-state index is 12.5. The van der Waals surface area contributed by atoms with Crippen LogP contribution in [0.2, 0.25) is 0 Å². The minimum absolute atomic E-state index is 0.0101. The van der Waals surface area contributed by atoms with Crippen molar-refractivity contribution in [1.29, 1.82) is 0 Å². The Morgan fingerprint density at radius 3 is 2.60 bits per heavy atom. The van der Waals surface area contributed by atoms with Gasteiger partial charge in [-0.05, 0) is 19.3 Å². The van der Waals surface area contributed by atoms with Crippen LogP contribution in [0.1, 0.15) is 34.1 Å². The number of aliphatic hydroxyl groups is 1. The smallest absolute Gasteiger partial charge is 0.353 e. The van der Waals surface area contributed by atoms with Gasteiger partial charge >= 0.3 is 5.97 Å². The van der Waals surface area contributed by atoms with Crippen LogP contribution in [0.25, 0.3) is 0 Å². The monoisotopic (exact) mass is 441 g/mol. The van der Waals surface area contributed by atoms with Crippen molar-refractivity contribution in [1.82, 2.24) is 10.2 Å². The van der Waals surface area contributed by atoms with Gasteiger partial charge in [-0.1, -0.05) is 20.8 Å². The Morgan fingerprint density at radius 1 is 1.37 bits per heavy atom. The number of carboxylic acids is 1. The highest BCUT2D eigenvalue weighted by Gasteiger charge is 2.60. The molecule has 0 aromatic heterocycles. The molecule has 0 spiro atoms. The van der Waals surface area contributed by atoms with Crippen LogP contribution in [0.4, 0.5) is 0 Å². The fraction of sp³-hybridized carbons (Fsp3) is 0.750. The molecule has 0 saturated carbocycles. The van der Waals surface area contributed by atoms with E-state index in [9.17, 15) is 24.6 Å². The van der Waals surface area contributed by atoms with E-state index >= 15 is 0 Å². The van der Waals surface area contributed by atoms with E-state index in [1.807, 2.05) is 20.8 Å². The maximum atomic E-state index is 12.5. The summed E-state index contributed by atoms with van der Waals surface area (Å²) in [6, 6.07) is -0.934. The second-order valence-electron chi connectivity index (χ2n) is 8.64. The highest BCUT2D eigenvalue weighted by molar-refractivity contribution is 8.03. The molecule has 0 aromatic rings. The lowest BCUT2D eigenvalue weighted by Crippen LogP contribution is -2.63. The first-order chi connectivity index (χ1) is 14.1. The minimum Gasteiger partial charge on any atom is -0.477 e. The van der Waals surface area contributed by atoms with Gasteiger partial charge in [0.1, 0.15) is 5.70 Å². The first-order valence-electron chi connectivity index (χ1n) is 10.4. The summed E-state index contributed by atoms with van der Waals surface area (Å²) in [4.78, 5) is 38.5. The Morgan fingerprint density at radius 2 is 2.03 bits per heavy atom. The fourth-order valence-corrected chi connectivity index (χ4v) is 5.94. The number of β-lactam (4-membered cyclic amide) rings is 1. The zero-order valence-corrected chi connectivity index (χ0v) is 18.5. The van der Waals surface area contributed by atoms with Crippen molar-refractivity contribution in [3.8, 4) is 0 Å². The summed E-state index contributed by atoms with van der Waals surface area (Å²) < 4.78 is 5.78. The number of hydrogen-bond acceptors (Lipinski definition) is 7. The molecule has 2 amide bonds. The van der Waals surface area contributed by atoms with Crippen LogP contribution >= 0.6 is 11.8 Å². The number of amides is 2. The number of fused-ring (bicyclic) bond motifs is 1. The van der Waals surface area contributed by atoms with Gasteiger partial charge in [-0.3, -0.25) is 9.59 Å². The molecule has 168 valence electrons. The molecule has 2 saturated heterocycles. The van der Waals surface area contributed by atoms with Crippen LogP contribution in [0.3, 0.4) is 0 Å². The molecule has 3 heterocycles. The summed E-state index contributed by atoms with van der Waals surface area (Å²) in [6.07, 6.45) is -0.392. The van der Waals surface area contributed by atoms with E-state index in [4.69, 9.17) is 10.5 Å². The van der Waals surface area contributed by atoms with Crippen molar-refractivity contribution in [3.05, 3.63) is 10.6 Å². The summed E-state index contributed by atoms with van der Waals surface area (Å²) in [7, 11) is 0. The lowest BCUT2D eigenvalue weighted by Gasteiger charge is -2.46. The number of nitrogens with two attached hydrogens (primary N) is 1. The molecule has 7 atom stereocenters. The van der Waals surface area contributed by atoms with E-state index in [1.165, 1.54) is 16.7 Å². The van der Waals surface area contributed by atoms with Gasteiger partial charge in [-0.2, -0.15) is 0 Å². The molecule has 2 fully saturated rings. The Hall–Kier alpha value is -1.62. The molecule has 0 bridgehead atoms. The van der Waals surface area contributed by atoms with Crippen molar-refractivity contribution in [3.63, 3.8) is 0 Å². The van der Waals surface area contributed by atoms with E-state index in [-0.39, 0.29) is 46.7 Å². The Labute approximate surface area is 180 Å². The van der Waals surface area contributed by atoms with E-state index in [2.05, 4.69) is 5.32 Å². The van der Waals surface area contributed by atoms with Crippen molar-refractivity contribution >= 4 is 29.5 Å². The Bertz CT molecular complexity index is 755. The Kier molecular flexibility index (Phi) is 6.81. The average Bonchev–Trinajstić information content (AvgIpc) is 3.20. The lowest BCUT2D eigenvalue weighted by atomic mass is 9.79. The first kappa shape index (κ1) is 23.1. The van der Waals surface area contributed by atoms with E-state index in [0.29, 0.717) is 24.5 Å². The predicted molar refractivity (Wildman–Crippen MR) is 111 cm³/mol. The van der Waals surface area contributed by atoms with Crippen LogP contribution < -0.4 is 11.1 Å². The predicted octanol–water partition coefficient (Wildman–Crippen LogP) is 0.130. The molecule has 0 aromatic carbocycles. The largest absolute Gasteiger partial charge is 0.477 e. The molecule has 0 aliphatic carbocycles. The molecule has 3 aliphatic rings. The second kappa shape index (κ2) is 8.86. The number of carboxylic acid groups (broad SMARTS) is 1. The van der Waals surface area contributed by atoms with Gasteiger partial charge in [-0.15, -0.1) is 11.8 Å². The summed E-state index contributed by atoms with van der Waals surface area (Å²) in [5, 5.41) is 22.5. The minimum atomic E-state index is -1.14. The van der Waals surface area contributed by atoms with Crippen molar-refractivity contribution in [2.24, 2.45) is 23.5 Å². The molecule has 9 nitrogen and oxygen atoms in total. The third-order valence-electron chi connectivity index (χ3n) is 6.24. The van der Waals surface area contributed by atoms with Crippen molar-refractivity contribution in [2.75, 3.05) is 13.2 Å². The molecule has 0 radical (unpaired) electrons. The van der Waals surface area contributed by atoms with Gasteiger partial charge in [0.15, 0.2) is 0 Å². The standard InChI is InChI=1S/C20H31N3O6S/c1-8(2)14(21)18(25)22-7-11-12(5-6-29-11)30-17-9(3)15-13(10(4)24)19(26)23(15)16(17)20(27)28/h8-15,24H,5-7,21H2,1-4H3,(H,22,25)(H,27,28)/t9-,10-,11-,12-,13-,14+,15-/m1/s1. The highest BCUT2D eigenvalue weighted by atomic mass is 32.2. The molecule has 3 rings (SSSR count). The average molecular weight is 442 g/mol. The molecular formula is C20H31N3O6S. The molecule has 30 heavy (non-hydrogen) atoms. The van der Waals surface area contributed by atoms with Crippen molar-refractivity contribution in [2.45, 2.75) is 63.7 Å². The molecule has 3 aliphatic heterocycles. The number of carbonyl (C=O) groups is 3. The molecule has 5 N–H and O–H groups in total. The SMILES string of the molecule is CC(C)[C@H](N)C(=O)NC[C@H]1OCC[C@H]1SC1=C(C(=O)O)N2C(=O)[C@H]([C@@H](C)O)[C@H]2[C@H]1C. The number of ether oxygens (including phenoxy) is 1. The lowest BCUT2D eigenvalue weighted by molar-refractivity contribution is -0.163. The quantitative estimate of drug-likeness (QED) is 0.389. The maximum Gasteiger partial charge on any atom is 0.353 e. The summed E-state index contributed by atoms with van der Waals surface area (Å²) >= 11 is 1.41. The fourth-order valence-electron chi connectivity index (χ4n) is 4.42. The van der Waals surface area contributed by atoms with E-state index in [0.717, 1.165) is 0 Å². The number of aliphatic hydroxyl groups excluding tert-OH is 1. The normalized spacial score (nSPS) is 32.8. The summed E-state index contributed by atoms with van der Waals surface area (Å²) in [5.41, 5.74) is 5.89. The van der Waals surface area contributed by atoms with Crippen LogP contribution in [0.15, 0.2) is 10.6 Å². The number of aliphatic carboxylic acids is 1. The third kappa shape index (κ3) is 3.98. The van der Waals surface area contributed by atoms with Crippen LogP contribution in [-0.4, -0.2) is 75.6 Å². The zero-order valence-electron chi connectivity index (χ0n) is 17.7. The van der Waals surface area contributed by atoms with Gasteiger partial charge in [0.2, 0.25) is 11.8 Å². The topological polar surface area (TPSA) is 142 Å². The third-order valence-corrected chi connectivity index (χ3v) is 7.90. The number of rotatable bonds is 8. The second-order valence-corrected chi connectivity index (χ2v) is 9.92. The number of nitrogens with zero attached hydrogens (tertiary/aromatic N) is 1. The number of carbonyl (C=O) groups excluding carboxylic acids is 2. The van der Waals surface area contributed by atoms with Gasteiger partial charge < -0.3 is 30.9 Å². The van der Waals surface area contributed by atoms with Crippen molar-refractivity contribution < 1.29 is 29.3 Å². The zero-order chi connectivity index (χ0) is 22.3. The van der Waals surface area contributed by atoms with Gasteiger partial charge in [0.25, 0.3) is 0 Å². The van der Waals surface area contributed by atoms with Crippen LogP contribution in [-0.2, 0) is 19.1 Å².